The lowest BCUT2D eigenvalue weighted by atomic mass is 10.1. The zero-order chi connectivity index (χ0) is 12.3. The monoisotopic (exact) mass is 239 g/mol. The van der Waals surface area contributed by atoms with E-state index in [0.717, 1.165) is 37.8 Å². The molecule has 1 amide bonds. The Labute approximate surface area is 99.2 Å². The van der Waals surface area contributed by atoms with Crippen molar-refractivity contribution >= 4 is 5.91 Å². The van der Waals surface area contributed by atoms with E-state index in [0.29, 0.717) is 13.1 Å². The Kier molecular flexibility index (Phi) is 3.71. The molecule has 0 spiro atoms. The van der Waals surface area contributed by atoms with E-state index in [4.69, 9.17) is 0 Å². The van der Waals surface area contributed by atoms with Crippen LogP contribution in [0.1, 0.15) is 36.0 Å². The lowest BCUT2D eigenvalue weighted by Gasteiger charge is -2.20. The van der Waals surface area contributed by atoms with Gasteiger partial charge in [-0.3, -0.25) is 4.79 Å². The van der Waals surface area contributed by atoms with Crippen molar-refractivity contribution in [3.05, 3.63) is 35.4 Å². The summed E-state index contributed by atoms with van der Waals surface area (Å²) >= 11 is 0. The van der Waals surface area contributed by atoms with Crippen LogP contribution in [0.4, 0.5) is 8.78 Å². The van der Waals surface area contributed by atoms with Gasteiger partial charge < -0.3 is 4.90 Å². The number of rotatable bonds is 1. The van der Waals surface area contributed by atoms with Crippen LogP contribution in [0, 0.1) is 11.6 Å². The van der Waals surface area contributed by atoms with E-state index in [1.165, 1.54) is 6.07 Å². The van der Waals surface area contributed by atoms with Crippen molar-refractivity contribution in [3.63, 3.8) is 0 Å². The van der Waals surface area contributed by atoms with Gasteiger partial charge in [-0.05, 0) is 25.0 Å². The summed E-state index contributed by atoms with van der Waals surface area (Å²) in [5.74, 6) is -1.77. The number of carbonyl (C=O) groups is 1. The molecule has 0 aromatic heterocycles. The van der Waals surface area contributed by atoms with Gasteiger partial charge in [-0.2, -0.15) is 0 Å². The third-order valence-electron chi connectivity index (χ3n) is 3.05. The number of nitrogens with zero attached hydrogens (tertiary/aromatic N) is 1. The van der Waals surface area contributed by atoms with Gasteiger partial charge in [-0.1, -0.05) is 12.8 Å². The molecule has 1 fully saturated rings. The molecule has 2 rings (SSSR count). The van der Waals surface area contributed by atoms with Crippen LogP contribution in [0.3, 0.4) is 0 Å². The summed E-state index contributed by atoms with van der Waals surface area (Å²) in [6.07, 6.45) is 4.12. The van der Waals surface area contributed by atoms with Gasteiger partial charge in [0.15, 0.2) is 0 Å². The molecule has 1 heterocycles. The van der Waals surface area contributed by atoms with Crippen LogP contribution in [-0.4, -0.2) is 23.9 Å². The molecule has 1 aliphatic heterocycles. The van der Waals surface area contributed by atoms with Gasteiger partial charge >= 0.3 is 0 Å². The molecule has 0 radical (unpaired) electrons. The first-order valence-corrected chi connectivity index (χ1v) is 5.93. The molecule has 1 saturated heterocycles. The summed E-state index contributed by atoms with van der Waals surface area (Å²) in [7, 11) is 0. The Hall–Kier alpha value is -1.45. The van der Waals surface area contributed by atoms with Crippen molar-refractivity contribution in [2.24, 2.45) is 0 Å². The van der Waals surface area contributed by atoms with Crippen LogP contribution in [0.15, 0.2) is 18.2 Å². The predicted octanol–water partition coefficient (Wildman–Crippen LogP) is 2.98. The van der Waals surface area contributed by atoms with Crippen LogP contribution >= 0.6 is 0 Å². The largest absolute Gasteiger partial charge is 0.339 e. The zero-order valence-corrected chi connectivity index (χ0v) is 9.59. The predicted molar refractivity (Wildman–Crippen MR) is 60.7 cm³/mol. The maximum absolute atomic E-state index is 13.5. The second kappa shape index (κ2) is 5.25. The number of halogens is 2. The maximum Gasteiger partial charge on any atom is 0.256 e. The number of benzene rings is 1. The van der Waals surface area contributed by atoms with Crippen molar-refractivity contribution in [1.29, 1.82) is 0 Å². The van der Waals surface area contributed by atoms with E-state index in [9.17, 15) is 13.6 Å². The average molecular weight is 239 g/mol. The lowest BCUT2D eigenvalue weighted by molar-refractivity contribution is 0.0757. The highest BCUT2D eigenvalue weighted by molar-refractivity contribution is 5.94. The number of hydrogen-bond acceptors (Lipinski definition) is 1. The van der Waals surface area contributed by atoms with Gasteiger partial charge in [-0.15, -0.1) is 0 Å². The fourth-order valence-corrected chi connectivity index (χ4v) is 2.11. The highest BCUT2D eigenvalue weighted by Crippen LogP contribution is 2.16. The van der Waals surface area contributed by atoms with Crippen LogP contribution in [-0.2, 0) is 0 Å². The molecule has 92 valence electrons. The zero-order valence-electron chi connectivity index (χ0n) is 9.59. The van der Waals surface area contributed by atoms with Crippen molar-refractivity contribution in [1.82, 2.24) is 4.90 Å². The van der Waals surface area contributed by atoms with Crippen LogP contribution in [0.25, 0.3) is 0 Å². The summed E-state index contributed by atoms with van der Waals surface area (Å²) in [5, 5.41) is 0. The molecule has 1 aliphatic rings. The Morgan fingerprint density at radius 2 is 1.71 bits per heavy atom. The van der Waals surface area contributed by atoms with Crippen molar-refractivity contribution in [2.75, 3.05) is 13.1 Å². The minimum atomic E-state index is -0.778. The summed E-state index contributed by atoms with van der Waals surface area (Å²) in [5.41, 5.74) is -0.0340. The minimum absolute atomic E-state index is 0.0340. The lowest BCUT2D eigenvalue weighted by Crippen LogP contribution is -2.32. The summed E-state index contributed by atoms with van der Waals surface area (Å²) in [4.78, 5) is 13.7. The van der Waals surface area contributed by atoms with Crippen LogP contribution < -0.4 is 0 Å². The topological polar surface area (TPSA) is 20.3 Å². The molecule has 0 N–H and O–H groups in total. The molecule has 1 aromatic rings. The molecule has 4 heteroatoms. The highest BCUT2D eigenvalue weighted by Gasteiger charge is 2.20. The standard InChI is InChI=1S/C13H15F2NO/c14-10-5-6-11(12(15)9-10)13(17)16-7-3-1-2-4-8-16/h5-6,9H,1-4,7-8H2. The average Bonchev–Trinajstić information content (AvgIpc) is 2.56. The fraction of sp³-hybridized carbons (Fsp3) is 0.462. The van der Waals surface area contributed by atoms with Crippen molar-refractivity contribution in [2.45, 2.75) is 25.7 Å². The van der Waals surface area contributed by atoms with E-state index < -0.39 is 11.6 Å². The first-order valence-electron chi connectivity index (χ1n) is 5.93. The third-order valence-corrected chi connectivity index (χ3v) is 3.05. The van der Waals surface area contributed by atoms with Crippen LogP contribution in [0.5, 0.6) is 0 Å². The smallest absolute Gasteiger partial charge is 0.256 e. The minimum Gasteiger partial charge on any atom is -0.339 e. The normalized spacial score (nSPS) is 16.7. The van der Waals surface area contributed by atoms with E-state index >= 15 is 0 Å². The van der Waals surface area contributed by atoms with E-state index in [1.54, 1.807) is 4.90 Å². The van der Waals surface area contributed by atoms with E-state index in [1.807, 2.05) is 0 Å². The van der Waals surface area contributed by atoms with Gasteiger partial charge in [0, 0.05) is 19.2 Å². The first kappa shape index (κ1) is 12.0. The Morgan fingerprint density at radius 3 is 2.29 bits per heavy atom. The van der Waals surface area contributed by atoms with Gasteiger partial charge in [0.2, 0.25) is 0 Å². The van der Waals surface area contributed by atoms with Crippen LogP contribution in [0.2, 0.25) is 0 Å². The summed E-state index contributed by atoms with van der Waals surface area (Å²) < 4.78 is 26.2. The molecule has 0 saturated carbocycles. The molecule has 0 unspecified atom stereocenters. The van der Waals surface area contributed by atoms with Crippen molar-refractivity contribution < 1.29 is 13.6 Å². The molecule has 0 atom stereocenters. The van der Waals surface area contributed by atoms with Crippen molar-refractivity contribution in [3.8, 4) is 0 Å². The van der Waals surface area contributed by atoms with Gasteiger partial charge in [0.05, 0.1) is 5.56 Å². The second-order valence-corrected chi connectivity index (χ2v) is 4.33. The Balaban J connectivity index is 2.17. The van der Waals surface area contributed by atoms with Gasteiger partial charge in [0.1, 0.15) is 11.6 Å². The molecule has 0 aliphatic carbocycles. The maximum atomic E-state index is 13.5. The Morgan fingerprint density at radius 1 is 1.06 bits per heavy atom. The number of hydrogen-bond donors (Lipinski definition) is 0. The van der Waals surface area contributed by atoms with Gasteiger partial charge in [-0.25, -0.2) is 8.78 Å². The van der Waals surface area contributed by atoms with E-state index in [2.05, 4.69) is 0 Å². The molecule has 0 bridgehead atoms. The second-order valence-electron chi connectivity index (χ2n) is 4.33. The number of likely N-dealkylation sites (tertiary alicyclic amines) is 1. The quantitative estimate of drug-likeness (QED) is 0.737. The van der Waals surface area contributed by atoms with E-state index in [-0.39, 0.29) is 11.5 Å². The molecular formula is C13H15F2NO. The highest BCUT2D eigenvalue weighted by atomic mass is 19.1. The Bertz CT molecular complexity index is 412. The fourth-order valence-electron chi connectivity index (χ4n) is 2.11. The SMILES string of the molecule is O=C(c1ccc(F)cc1F)N1CCCCCC1. The first-order chi connectivity index (χ1) is 8.18. The molecule has 17 heavy (non-hydrogen) atoms. The molecule has 1 aromatic carbocycles. The number of amides is 1. The number of carbonyl (C=O) groups excluding carboxylic acids is 1. The summed E-state index contributed by atoms with van der Waals surface area (Å²) in [6, 6.07) is 3.09. The molecule has 2 nitrogen and oxygen atoms in total. The van der Waals surface area contributed by atoms with Gasteiger partial charge in [0.25, 0.3) is 5.91 Å². The third kappa shape index (κ3) is 2.81. The summed E-state index contributed by atoms with van der Waals surface area (Å²) in [6.45, 7) is 1.32. The molecular weight excluding hydrogens is 224 g/mol.